The number of carbonyl (C=O) groups excluding carboxylic acids is 1. The van der Waals surface area contributed by atoms with Crippen molar-refractivity contribution in [3.63, 3.8) is 0 Å². The predicted molar refractivity (Wildman–Crippen MR) is 76.6 cm³/mol. The second kappa shape index (κ2) is 6.67. The molecule has 0 radical (unpaired) electrons. The van der Waals surface area contributed by atoms with Gasteiger partial charge in [0.05, 0.1) is 12.5 Å². The Labute approximate surface area is 122 Å². The number of nitriles is 1. The van der Waals surface area contributed by atoms with Gasteiger partial charge in [-0.25, -0.2) is 4.39 Å². The van der Waals surface area contributed by atoms with Crippen molar-refractivity contribution in [2.75, 3.05) is 0 Å². The summed E-state index contributed by atoms with van der Waals surface area (Å²) >= 11 is 0. The van der Waals surface area contributed by atoms with Crippen LogP contribution < -0.4 is 4.74 Å². The number of ether oxygens (including phenoxy) is 1. The Kier molecular flexibility index (Phi) is 4.68. The zero-order chi connectivity index (χ0) is 15.2. The van der Waals surface area contributed by atoms with Crippen LogP contribution in [0.1, 0.15) is 22.8 Å². The van der Waals surface area contributed by atoms with Gasteiger partial charge in [0.15, 0.2) is 6.10 Å². The van der Waals surface area contributed by atoms with Gasteiger partial charge in [-0.2, -0.15) is 5.26 Å². The van der Waals surface area contributed by atoms with Crippen molar-refractivity contribution < 1.29 is 13.9 Å². The van der Waals surface area contributed by atoms with Crippen LogP contribution in [0.2, 0.25) is 0 Å². The largest absolute Gasteiger partial charge is 0.483 e. The smallest absolute Gasteiger partial charge is 0.202 e. The topological polar surface area (TPSA) is 50.1 Å². The molecule has 106 valence electrons. The third kappa shape index (κ3) is 3.90. The van der Waals surface area contributed by atoms with Gasteiger partial charge < -0.3 is 4.74 Å². The van der Waals surface area contributed by atoms with Gasteiger partial charge >= 0.3 is 0 Å². The van der Waals surface area contributed by atoms with Gasteiger partial charge in [-0.3, -0.25) is 4.79 Å². The van der Waals surface area contributed by atoms with Crippen molar-refractivity contribution in [1.29, 1.82) is 5.26 Å². The molecule has 3 nitrogen and oxygen atoms in total. The van der Waals surface area contributed by atoms with Crippen LogP contribution in [0.4, 0.5) is 4.39 Å². The fraction of sp³-hybridized carbons (Fsp3) is 0.176. The molecular weight excluding hydrogens is 269 g/mol. The monoisotopic (exact) mass is 283 g/mol. The summed E-state index contributed by atoms with van der Waals surface area (Å²) in [6, 6.07) is 14.4. The summed E-state index contributed by atoms with van der Waals surface area (Å²) in [5.41, 5.74) is 1.30. The second-order valence-corrected chi connectivity index (χ2v) is 4.61. The van der Waals surface area contributed by atoms with E-state index in [9.17, 15) is 9.18 Å². The molecule has 0 heterocycles. The van der Waals surface area contributed by atoms with Gasteiger partial charge in [0.1, 0.15) is 11.6 Å². The Morgan fingerprint density at radius 1 is 1.19 bits per heavy atom. The third-order valence-corrected chi connectivity index (χ3v) is 3.02. The van der Waals surface area contributed by atoms with Gasteiger partial charge in [0.2, 0.25) is 5.78 Å². The lowest BCUT2D eigenvalue weighted by Gasteiger charge is -2.14. The molecule has 21 heavy (non-hydrogen) atoms. The van der Waals surface area contributed by atoms with Crippen LogP contribution in [0.3, 0.4) is 0 Å². The molecule has 0 N–H and O–H groups in total. The van der Waals surface area contributed by atoms with E-state index in [1.807, 2.05) is 0 Å². The maximum Gasteiger partial charge on any atom is 0.202 e. The Balaban J connectivity index is 2.03. The first-order chi connectivity index (χ1) is 10.1. The van der Waals surface area contributed by atoms with Gasteiger partial charge in [-0.05, 0) is 48.9 Å². The molecule has 1 unspecified atom stereocenters. The number of ketones is 1. The Morgan fingerprint density at radius 2 is 1.81 bits per heavy atom. The van der Waals surface area contributed by atoms with Gasteiger partial charge in [-0.1, -0.05) is 12.1 Å². The minimum absolute atomic E-state index is 0.212. The Morgan fingerprint density at radius 3 is 2.38 bits per heavy atom. The summed E-state index contributed by atoms with van der Waals surface area (Å²) in [7, 11) is 0. The number of Topliss-reactive ketones (excluding diaryl/α,β-unsaturated/α-hetero) is 1. The van der Waals surface area contributed by atoms with E-state index in [2.05, 4.69) is 6.07 Å². The fourth-order valence-corrected chi connectivity index (χ4v) is 1.88. The van der Waals surface area contributed by atoms with E-state index in [-0.39, 0.29) is 11.6 Å². The van der Waals surface area contributed by atoms with Crippen molar-refractivity contribution in [1.82, 2.24) is 0 Å². The first kappa shape index (κ1) is 14.7. The molecule has 0 bridgehead atoms. The molecule has 0 aliphatic rings. The molecule has 0 fully saturated rings. The van der Waals surface area contributed by atoms with E-state index in [0.717, 1.165) is 5.56 Å². The van der Waals surface area contributed by atoms with E-state index < -0.39 is 6.10 Å². The number of halogens is 1. The van der Waals surface area contributed by atoms with Crippen molar-refractivity contribution in [2.45, 2.75) is 19.4 Å². The van der Waals surface area contributed by atoms with Gasteiger partial charge in [0, 0.05) is 5.56 Å². The van der Waals surface area contributed by atoms with Crippen LogP contribution in [0.25, 0.3) is 0 Å². The highest BCUT2D eigenvalue weighted by Crippen LogP contribution is 2.16. The van der Waals surface area contributed by atoms with Crippen LogP contribution in [-0.2, 0) is 6.42 Å². The molecule has 2 rings (SSSR count). The summed E-state index contributed by atoms with van der Waals surface area (Å²) in [5, 5.41) is 8.60. The lowest BCUT2D eigenvalue weighted by molar-refractivity contribution is 0.0818. The average Bonchev–Trinajstić information content (AvgIpc) is 2.49. The summed E-state index contributed by atoms with van der Waals surface area (Å²) in [4.78, 5) is 12.1. The van der Waals surface area contributed by atoms with E-state index in [1.54, 1.807) is 31.2 Å². The first-order valence-electron chi connectivity index (χ1n) is 6.52. The maximum atomic E-state index is 12.8. The summed E-state index contributed by atoms with van der Waals surface area (Å²) < 4.78 is 18.4. The molecule has 0 saturated carbocycles. The quantitative estimate of drug-likeness (QED) is 0.788. The Hall–Kier alpha value is -2.67. The standard InChI is InChI=1S/C17H14FNO2/c1-12(17(20)14-4-6-15(18)7-5-14)21-16-8-2-13(3-9-16)10-11-19/h2-9,12H,10H2,1H3. The molecule has 2 aromatic rings. The number of rotatable bonds is 5. The number of carbonyl (C=O) groups is 1. The normalized spacial score (nSPS) is 11.5. The van der Waals surface area contributed by atoms with E-state index in [1.165, 1.54) is 24.3 Å². The average molecular weight is 283 g/mol. The van der Waals surface area contributed by atoms with Crippen molar-refractivity contribution in [3.8, 4) is 11.8 Å². The predicted octanol–water partition coefficient (Wildman–Crippen LogP) is 3.54. The first-order valence-corrected chi connectivity index (χ1v) is 6.52. The SMILES string of the molecule is CC(Oc1ccc(CC#N)cc1)C(=O)c1ccc(F)cc1. The van der Waals surface area contributed by atoms with Crippen LogP contribution in [0.15, 0.2) is 48.5 Å². The zero-order valence-electron chi connectivity index (χ0n) is 11.5. The van der Waals surface area contributed by atoms with Crippen LogP contribution in [-0.4, -0.2) is 11.9 Å². The lowest BCUT2D eigenvalue weighted by atomic mass is 10.1. The zero-order valence-corrected chi connectivity index (χ0v) is 11.5. The summed E-state index contributed by atoms with van der Waals surface area (Å²) in [5.74, 6) is -0.0380. The van der Waals surface area contributed by atoms with Crippen LogP contribution in [0.5, 0.6) is 5.75 Å². The molecule has 4 heteroatoms. The highest BCUT2D eigenvalue weighted by atomic mass is 19.1. The number of hydrogen-bond donors (Lipinski definition) is 0. The Bertz CT molecular complexity index is 657. The molecule has 0 aromatic heterocycles. The molecule has 1 atom stereocenters. The van der Waals surface area contributed by atoms with E-state index in [4.69, 9.17) is 10.00 Å². The van der Waals surface area contributed by atoms with E-state index in [0.29, 0.717) is 17.7 Å². The van der Waals surface area contributed by atoms with E-state index >= 15 is 0 Å². The highest BCUT2D eigenvalue weighted by molar-refractivity contribution is 5.99. The molecular formula is C17H14FNO2. The van der Waals surface area contributed by atoms with Gasteiger partial charge in [0.25, 0.3) is 0 Å². The molecule has 0 aliphatic carbocycles. The molecule has 0 saturated heterocycles. The fourth-order valence-electron chi connectivity index (χ4n) is 1.88. The molecule has 0 spiro atoms. The van der Waals surface area contributed by atoms with Crippen molar-refractivity contribution in [3.05, 3.63) is 65.5 Å². The minimum Gasteiger partial charge on any atom is -0.483 e. The van der Waals surface area contributed by atoms with Crippen LogP contribution >= 0.6 is 0 Å². The number of benzene rings is 2. The second-order valence-electron chi connectivity index (χ2n) is 4.61. The minimum atomic E-state index is -0.669. The van der Waals surface area contributed by atoms with Crippen LogP contribution in [0, 0.1) is 17.1 Å². The van der Waals surface area contributed by atoms with Gasteiger partial charge in [-0.15, -0.1) is 0 Å². The molecule has 0 amide bonds. The van der Waals surface area contributed by atoms with Crippen molar-refractivity contribution in [2.24, 2.45) is 0 Å². The number of nitrogens with zero attached hydrogens (tertiary/aromatic N) is 1. The van der Waals surface area contributed by atoms with Crippen molar-refractivity contribution >= 4 is 5.78 Å². The summed E-state index contributed by atoms with van der Waals surface area (Å²) in [6.45, 7) is 1.65. The summed E-state index contributed by atoms with van der Waals surface area (Å²) in [6.07, 6.45) is -0.332. The third-order valence-electron chi connectivity index (χ3n) is 3.02. The maximum absolute atomic E-state index is 12.8. The number of hydrogen-bond acceptors (Lipinski definition) is 3. The lowest BCUT2D eigenvalue weighted by Crippen LogP contribution is -2.23. The molecule has 0 aliphatic heterocycles. The highest BCUT2D eigenvalue weighted by Gasteiger charge is 2.16. The molecule has 2 aromatic carbocycles.